The van der Waals surface area contributed by atoms with Gasteiger partial charge in [-0.2, -0.15) is 0 Å². The van der Waals surface area contributed by atoms with E-state index in [1.807, 2.05) is 6.08 Å². The Kier molecular flexibility index (Phi) is 2.93. The van der Waals surface area contributed by atoms with Crippen molar-refractivity contribution in [2.24, 2.45) is 40.4 Å². The van der Waals surface area contributed by atoms with Crippen molar-refractivity contribution < 1.29 is 14.3 Å². The summed E-state index contributed by atoms with van der Waals surface area (Å²) in [5.41, 5.74) is -0.205. The molecule has 0 aromatic rings. The van der Waals surface area contributed by atoms with E-state index in [1.165, 1.54) is 12.0 Å². The van der Waals surface area contributed by atoms with Crippen LogP contribution in [0.1, 0.15) is 58.8 Å². The molecule has 132 valence electrons. The summed E-state index contributed by atoms with van der Waals surface area (Å²) in [5, 5.41) is 9.82. The number of rotatable bonds is 1. The summed E-state index contributed by atoms with van der Waals surface area (Å²) in [6, 6.07) is 0. The molecule has 5 aliphatic rings. The standard InChI is InChI=1S/C21H29FO2/c1-12-7-13-8-15(24)3-4-16(13)17-5-6-19(2)20(22,11-23)9-14-10-21(14,19)18(12)17/h8,12,14,16-18,23H,3-7,9-11H2,1-2H3/t12-,14+,16?,17-,18-,19-,20-,21-/m1/s1. The minimum atomic E-state index is -1.38. The van der Waals surface area contributed by atoms with Crippen LogP contribution < -0.4 is 0 Å². The predicted octanol–water partition coefficient (Wildman–Crippen LogP) is 4.07. The largest absolute Gasteiger partial charge is 0.393 e. The van der Waals surface area contributed by atoms with E-state index >= 15 is 4.39 Å². The molecule has 5 rings (SSSR count). The third-order valence-corrected chi connectivity index (χ3v) is 9.23. The molecule has 4 fully saturated rings. The zero-order valence-corrected chi connectivity index (χ0v) is 14.9. The molecule has 0 radical (unpaired) electrons. The highest BCUT2D eigenvalue weighted by molar-refractivity contribution is 5.91. The lowest BCUT2D eigenvalue weighted by Crippen LogP contribution is -2.57. The van der Waals surface area contributed by atoms with Gasteiger partial charge in [0.2, 0.25) is 0 Å². The van der Waals surface area contributed by atoms with Gasteiger partial charge in [0.05, 0.1) is 6.61 Å². The molecule has 0 aliphatic heterocycles. The molecule has 2 nitrogen and oxygen atoms in total. The number of carbonyl (C=O) groups is 1. The molecule has 8 atom stereocenters. The molecular formula is C21H29FO2. The first-order valence-electron chi connectivity index (χ1n) is 9.89. The van der Waals surface area contributed by atoms with Gasteiger partial charge in [-0.15, -0.1) is 0 Å². The fourth-order valence-electron chi connectivity index (χ4n) is 8.25. The lowest BCUT2D eigenvalue weighted by molar-refractivity contribution is -0.135. The predicted molar refractivity (Wildman–Crippen MR) is 90.0 cm³/mol. The number of alkyl halides is 1. The maximum Gasteiger partial charge on any atom is 0.155 e. The average Bonchev–Trinajstić information content (AvgIpc) is 3.19. The van der Waals surface area contributed by atoms with Crippen LogP contribution in [0.25, 0.3) is 0 Å². The van der Waals surface area contributed by atoms with Gasteiger partial charge in [0.1, 0.15) is 5.67 Å². The zero-order valence-electron chi connectivity index (χ0n) is 14.9. The van der Waals surface area contributed by atoms with Gasteiger partial charge in [-0.05, 0) is 79.6 Å². The summed E-state index contributed by atoms with van der Waals surface area (Å²) in [5.74, 6) is 3.10. The Balaban J connectivity index is 1.57. The van der Waals surface area contributed by atoms with Crippen molar-refractivity contribution in [3.8, 4) is 0 Å². The van der Waals surface area contributed by atoms with Gasteiger partial charge >= 0.3 is 0 Å². The smallest absolute Gasteiger partial charge is 0.155 e. The van der Waals surface area contributed by atoms with Crippen molar-refractivity contribution >= 4 is 5.78 Å². The molecule has 0 amide bonds. The van der Waals surface area contributed by atoms with Crippen LogP contribution in [-0.2, 0) is 4.79 Å². The average molecular weight is 332 g/mol. The minimum absolute atomic E-state index is 0.125. The molecule has 5 aliphatic carbocycles. The molecule has 3 heteroatoms. The van der Waals surface area contributed by atoms with Crippen molar-refractivity contribution in [1.82, 2.24) is 0 Å². The quantitative estimate of drug-likeness (QED) is 0.786. The summed E-state index contributed by atoms with van der Waals surface area (Å²) in [7, 11) is 0. The molecule has 0 bridgehead atoms. The molecule has 24 heavy (non-hydrogen) atoms. The number of hydrogen-bond donors (Lipinski definition) is 1. The van der Waals surface area contributed by atoms with E-state index in [0.29, 0.717) is 48.2 Å². The number of aliphatic hydroxyl groups is 1. The van der Waals surface area contributed by atoms with Crippen LogP contribution in [0.15, 0.2) is 11.6 Å². The van der Waals surface area contributed by atoms with Gasteiger partial charge in [-0.25, -0.2) is 4.39 Å². The Hall–Kier alpha value is -0.700. The normalized spacial score (nSPS) is 58.2. The Morgan fingerprint density at radius 2 is 2.12 bits per heavy atom. The van der Waals surface area contributed by atoms with Gasteiger partial charge in [-0.3, -0.25) is 4.79 Å². The summed E-state index contributed by atoms with van der Waals surface area (Å²) in [6.45, 7) is 4.17. The van der Waals surface area contributed by atoms with Gasteiger partial charge in [0.15, 0.2) is 5.78 Å². The van der Waals surface area contributed by atoms with Gasteiger partial charge < -0.3 is 5.11 Å². The third kappa shape index (κ3) is 1.55. The molecule has 0 saturated heterocycles. The minimum Gasteiger partial charge on any atom is -0.393 e. The Morgan fingerprint density at radius 3 is 2.88 bits per heavy atom. The second-order valence-electron chi connectivity index (χ2n) is 9.84. The van der Waals surface area contributed by atoms with Crippen LogP contribution in [0.4, 0.5) is 4.39 Å². The number of ketones is 1. The maximum atomic E-state index is 15.6. The molecule has 1 unspecified atom stereocenters. The van der Waals surface area contributed by atoms with Crippen LogP contribution in [0.5, 0.6) is 0 Å². The first kappa shape index (κ1) is 15.5. The molecule has 0 aromatic carbocycles. The van der Waals surface area contributed by atoms with Crippen molar-refractivity contribution in [1.29, 1.82) is 0 Å². The highest BCUT2D eigenvalue weighted by atomic mass is 19.1. The van der Waals surface area contributed by atoms with E-state index in [-0.39, 0.29) is 17.4 Å². The summed E-state index contributed by atoms with van der Waals surface area (Å²) < 4.78 is 15.6. The van der Waals surface area contributed by atoms with E-state index in [0.717, 1.165) is 25.7 Å². The van der Waals surface area contributed by atoms with E-state index in [4.69, 9.17) is 0 Å². The number of aliphatic hydroxyl groups excluding tert-OH is 1. The number of carbonyl (C=O) groups excluding carboxylic acids is 1. The SMILES string of the molecule is C[C@@H]1CC2=CC(=O)CCC2[C@H]2CC[C@]3(C)[C@](F)(CO)C[C@H]4C[C@]43[C@H]12. The Labute approximate surface area is 143 Å². The molecular weight excluding hydrogens is 303 g/mol. The van der Waals surface area contributed by atoms with Gasteiger partial charge in [0.25, 0.3) is 0 Å². The second kappa shape index (κ2) is 4.52. The van der Waals surface area contributed by atoms with E-state index in [2.05, 4.69) is 13.8 Å². The molecule has 4 saturated carbocycles. The van der Waals surface area contributed by atoms with E-state index in [1.54, 1.807) is 0 Å². The molecule has 1 N–H and O–H groups in total. The van der Waals surface area contributed by atoms with Crippen LogP contribution >= 0.6 is 0 Å². The third-order valence-electron chi connectivity index (χ3n) is 9.23. The molecule has 0 heterocycles. The lowest BCUT2D eigenvalue weighted by atomic mass is 9.46. The van der Waals surface area contributed by atoms with E-state index in [9.17, 15) is 9.90 Å². The fourth-order valence-corrected chi connectivity index (χ4v) is 8.25. The molecule has 0 aromatic heterocycles. The van der Waals surface area contributed by atoms with Crippen molar-refractivity contribution in [3.63, 3.8) is 0 Å². The van der Waals surface area contributed by atoms with Crippen molar-refractivity contribution in [3.05, 3.63) is 11.6 Å². The number of hydrogen-bond acceptors (Lipinski definition) is 2. The van der Waals surface area contributed by atoms with Crippen LogP contribution in [-0.4, -0.2) is 23.2 Å². The van der Waals surface area contributed by atoms with Crippen LogP contribution in [0.2, 0.25) is 0 Å². The summed E-state index contributed by atoms with van der Waals surface area (Å²) in [6.07, 6.45) is 8.40. The highest BCUT2D eigenvalue weighted by Gasteiger charge is 2.82. The first-order valence-corrected chi connectivity index (χ1v) is 9.89. The van der Waals surface area contributed by atoms with Gasteiger partial charge in [-0.1, -0.05) is 19.4 Å². The molecule has 1 spiro atoms. The number of allylic oxidation sites excluding steroid dienone is 1. The first-order chi connectivity index (χ1) is 11.4. The highest BCUT2D eigenvalue weighted by Crippen LogP contribution is 2.85. The second-order valence-corrected chi connectivity index (χ2v) is 9.84. The van der Waals surface area contributed by atoms with Crippen LogP contribution in [0, 0.1) is 40.4 Å². The summed E-state index contributed by atoms with van der Waals surface area (Å²) in [4.78, 5) is 11.9. The maximum absolute atomic E-state index is 15.6. The summed E-state index contributed by atoms with van der Waals surface area (Å²) >= 11 is 0. The van der Waals surface area contributed by atoms with E-state index < -0.39 is 5.67 Å². The lowest BCUT2D eigenvalue weighted by Gasteiger charge is -2.59. The van der Waals surface area contributed by atoms with Gasteiger partial charge in [0, 0.05) is 11.8 Å². The monoisotopic (exact) mass is 332 g/mol. The zero-order chi connectivity index (χ0) is 16.9. The fraction of sp³-hybridized carbons (Fsp3) is 0.857. The Morgan fingerprint density at radius 1 is 1.33 bits per heavy atom. The number of halogens is 1. The topological polar surface area (TPSA) is 37.3 Å². The number of fused-ring (bicyclic) bond motifs is 3. The van der Waals surface area contributed by atoms with Crippen molar-refractivity contribution in [2.45, 2.75) is 64.5 Å². The van der Waals surface area contributed by atoms with Crippen molar-refractivity contribution in [2.75, 3.05) is 6.61 Å². The Bertz CT molecular complexity index is 642. The van der Waals surface area contributed by atoms with Crippen LogP contribution in [0.3, 0.4) is 0 Å².